The first-order valence-corrected chi connectivity index (χ1v) is 17.3. The molecule has 1 saturated heterocycles. The summed E-state index contributed by atoms with van der Waals surface area (Å²) in [6, 6.07) is 27.6. The van der Waals surface area contributed by atoms with E-state index in [9.17, 15) is 19.5 Å². The van der Waals surface area contributed by atoms with E-state index in [1.807, 2.05) is 31.2 Å². The number of benzene rings is 3. The Kier molecular flexibility index (Phi) is 8.27. The molecule has 2 atom stereocenters. The van der Waals surface area contributed by atoms with E-state index in [1.165, 1.54) is 26.3 Å². The van der Waals surface area contributed by atoms with Crippen molar-refractivity contribution in [2.24, 2.45) is 0 Å². The van der Waals surface area contributed by atoms with Gasteiger partial charge in [0.2, 0.25) is 0 Å². The number of hydrogen-bond donors (Lipinski definition) is 1. The highest BCUT2D eigenvalue weighted by atomic mass is 32.2. The second kappa shape index (κ2) is 12.5. The molecule has 2 unspecified atom stereocenters. The van der Waals surface area contributed by atoms with Gasteiger partial charge >= 0.3 is 5.97 Å². The molecule has 0 radical (unpaired) electrons. The summed E-state index contributed by atoms with van der Waals surface area (Å²) in [5.41, 5.74) is 6.36. The molecule has 1 N–H and O–H groups in total. The van der Waals surface area contributed by atoms with E-state index in [4.69, 9.17) is 12.2 Å². The van der Waals surface area contributed by atoms with Gasteiger partial charge in [-0.05, 0) is 60.2 Å². The lowest BCUT2D eigenvalue weighted by Gasteiger charge is -2.25. The minimum absolute atomic E-state index is 0.298. The van der Waals surface area contributed by atoms with Crippen molar-refractivity contribution in [1.82, 2.24) is 9.47 Å². The molecule has 2 aliphatic heterocycles. The van der Waals surface area contributed by atoms with Crippen LogP contribution in [-0.4, -0.2) is 43.4 Å². The Morgan fingerprint density at radius 1 is 1.00 bits per heavy atom. The van der Waals surface area contributed by atoms with E-state index in [2.05, 4.69) is 71.8 Å². The van der Waals surface area contributed by atoms with Crippen molar-refractivity contribution in [1.29, 1.82) is 0 Å². The predicted octanol–water partition coefficient (Wildman–Crippen LogP) is 5.36. The smallest absolute Gasteiger partial charge is 0.323 e. The summed E-state index contributed by atoms with van der Waals surface area (Å²) in [7, 11) is 0. The van der Waals surface area contributed by atoms with Gasteiger partial charge in [0.25, 0.3) is 11.5 Å². The Balaban J connectivity index is 1.33. The number of thiazole rings is 1. The lowest BCUT2D eigenvalue weighted by Crippen LogP contribution is -2.35. The van der Waals surface area contributed by atoms with Crippen molar-refractivity contribution >= 4 is 73.8 Å². The van der Waals surface area contributed by atoms with Crippen LogP contribution in [0.1, 0.15) is 54.4 Å². The number of aliphatic carboxylic acids is 1. The van der Waals surface area contributed by atoms with Crippen molar-refractivity contribution in [2.75, 3.05) is 11.4 Å². The number of aromatic nitrogens is 1. The molecule has 7 nitrogen and oxygen atoms in total. The third kappa shape index (κ3) is 5.44. The van der Waals surface area contributed by atoms with E-state index in [1.54, 1.807) is 0 Å². The van der Waals surface area contributed by atoms with Gasteiger partial charge in [-0.25, -0.2) is 0 Å². The number of carboxylic acid groups (broad SMARTS) is 1. The van der Waals surface area contributed by atoms with Crippen LogP contribution < -0.4 is 19.7 Å². The minimum atomic E-state index is -1.15. The maximum absolute atomic E-state index is 13.6. The molecule has 0 bridgehead atoms. The number of carbonyl (C=O) groups excluding carboxylic acids is 1. The maximum atomic E-state index is 13.6. The Morgan fingerprint density at radius 2 is 1.70 bits per heavy atom. The molecule has 1 aromatic heterocycles. The number of rotatable bonds is 7. The summed E-state index contributed by atoms with van der Waals surface area (Å²) in [6.07, 6.45) is 7.46. The zero-order chi connectivity index (χ0) is 31.9. The van der Waals surface area contributed by atoms with Crippen molar-refractivity contribution in [3.63, 3.8) is 0 Å². The number of thioether (sulfide) groups is 1. The molecule has 1 amide bonds. The molecule has 4 aromatic rings. The number of anilines is 1. The summed E-state index contributed by atoms with van der Waals surface area (Å²) in [6.45, 7) is 1.70. The van der Waals surface area contributed by atoms with Crippen LogP contribution in [0.25, 0.3) is 16.6 Å². The number of carbonyl (C=O) groups is 2. The van der Waals surface area contributed by atoms with Gasteiger partial charge in [-0.1, -0.05) is 97.1 Å². The molecule has 0 spiro atoms. The quantitative estimate of drug-likeness (QED) is 0.267. The highest BCUT2D eigenvalue weighted by molar-refractivity contribution is 8.30. The molecular weight excluding hydrogens is 635 g/mol. The largest absolute Gasteiger partial charge is 0.480 e. The second-order valence-corrected chi connectivity index (χ2v) is 14.2. The van der Waals surface area contributed by atoms with E-state index < -0.39 is 18.1 Å². The number of fused-ring (bicyclic) bond motifs is 3. The first-order valence-electron chi connectivity index (χ1n) is 15.3. The van der Waals surface area contributed by atoms with Gasteiger partial charge in [-0.2, -0.15) is 0 Å². The molecule has 7 rings (SSSR count). The van der Waals surface area contributed by atoms with Crippen LogP contribution in [0.15, 0.2) is 89.9 Å². The number of amides is 1. The Bertz CT molecular complexity index is 2040. The van der Waals surface area contributed by atoms with Gasteiger partial charge in [0, 0.05) is 36.0 Å². The molecule has 46 heavy (non-hydrogen) atoms. The molecular formula is C36H31N3O4S3. The highest BCUT2D eigenvalue weighted by Crippen LogP contribution is 2.50. The van der Waals surface area contributed by atoms with Crippen LogP contribution in [-0.2, 0) is 16.1 Å². The highest BCUT2D eigenvalue weighted by Gasteiger charge is 2.41. The molecule has 1 saturated carbocycles. The first-order chi connectivity index (χ1) is 22.3. The molecule has 3 aliphatic rings. The van der Waals surface area contributed by atoms with Crippen LogP contribution in [0.5, 0.6) is 0 Å². The van der Waals surface area contributed by atoms with Gasteiger partial charge < -0.3 is 10.0 Å². The van der Waals surface area contributed by atoms with E-state index in [0.717, 1.165) is 59.1 Å². The van der Waals surface area contributed by atoms with Gasteiger partial charge in [-0.3, -0.25) is 23.9 Å². The minimum Gasteiger partial charge on any atom is -0.480 e. The maximum Gasteiger partial charge on any atom is 0.323 e. The third-order valence-corrected chi connectivity index (χ3v) is 11.6. The molecule has 2 fully saturated rings. The number of hydrogen-bond acceptors (Lipinski definition) is 7. The number of nitrogens with zero attached hydrogens (tertiary/aromatic N) is 3. The zero-order valence-corrected chi connectivity index (χ0v) is 27.5. The predicted molar refractivity (Wildman–Crippen MR) is 189 cm³/mol. The molecule has 3 heterocycles. The molecule has 232 valence electrons. The number of thiocarbonyl (C=S) groups is 1. The van der Waals surface area contributed by atoms with Crippen molar-refractivity contribution in [2.45, 2.75) is 44.7 Å². The number of carboxylic acids is 1. The zero-order valence-electron chi connectivity index (χ0n) is 25.1. The van der Waals surface area contributed by atoms with E-state index in [-0.39, 0.29) is 5.91 Å². The topological polar surface area (TPSA) is 82.9 Å². The summed E-state index contributed by atoms with van der Waals surface area (Å²) in [5.74, 6) is -1.08. The standard InChI is InChI=1S/C36H31N3O4S3/c1-2-37-34(43)32(46-36(37)44)35-39(21-31(40)41)33(42)30(45-35)19-22-16-17-29-26(18-22)25-14-9-15-28(25)38(29)20-27(23-10-5-3-6-11-23)24-12-7-4-8-13-24/h3-8,10-13,16-20,25,28H,2,9,14-15,21H2,1H3,(H,40,41)/b30-19+,35-32+. The molecule has 3 aromatic carbocycles. The van der Waals surface area contributed by atoms with Crippen LogP contribution >= 0.6 is 35.3 Å². The second-order valence-electron chi connectivity index (χ2n) is 11.6. The Hall–Kier alpha value is -4.25. The SMILES string of the molecule is CCN1C(=O)/C(=c2\s/c(=C/c3ccc4c(c3)C3CCCC3N4C=C(c3ccccc3)c3ccccc3)c(=O)n2CC(=O)O)SC1=S. The fraction of sp³-hybridized carbons (Fsp3) is 0.222. The van der Waals surface area contributed by atoms with Gasteiger partial charge in [0.15, 0.2) is 0 Å². The van der Waals surface area contributed by atoms with Gasteiger partial charge in [0.05, 0.1) is 4.53 Å². The Labute approximate surface area is 279 Å². The van der Waals surface area contributed by atoms with E-state index >= 15 is 0 Å². The third-order valence-electron chi connectivity index (χ3n) is 8.86. The van der Waals surface area contributed by atoms with Gasteiger partial charge in [0.1, 0.15) is 20.4 Å². The Morgan fingerprint density at radius 3 is 2.33 bits per heavy atom. The fourth-order valence-electron chi connectivity index (χ4n) is 6.78. The lowest BCUT2D eigenvalue weighted by molar-refractivity contribution is -0.137. The van der Waals surface area contributed by atoms with Crippen molar-refractivity contribution in [3.8, 4) is 0 Å². The molecule has 10 heteroatoms. The summed E-state index contributed by atoms with van der Waals surface area (Å²) in [5, 5.41) is 9.59. The monoisotopic (exact) mass is 665 g/mol. The van der Waals surface area contributed by atoms with Gasteiger partial charge in [-0.15, -0.1) is 11.3 Å². The average Bonchev–Trinajstić information content (AvgIpc) is 3.80. The van der Waals surface area contributed by atoms with Crippen LogP contribution in [0.2, 0.25) is 0 Å². The lowest BCUT2D eigenvalue weighted by atomic mass is 9.96. The van der Waals surface area contributed by atoms with Crippen molar-refractivity contribution < 1.29 is 14.7 Å². The average molecular weight is 666 g/mol. The molecule has 1 aliphatic carbocycles. The summed E-state index contributed by atoms with van der Waals surface area (Å²) in [4.78, 5) is 42.6. The summed E-state index contributed by atoms with van der Waals surface area (Å²) >= 11 is 7.63. The van der Waals surface area contributed by atoms with E-state index in [0.29, 0.717) is 36.9 Å². The van der Waals surface area contributed by atoms with Crippen LogP contribution in [0.3, 0.4) is 0 Å². The van der Waals surface area contributed by atoms with Crippen LogP contribution in [0.4, 0.5) is 5.69 Å². The first kappa shape index (κ1) is 30.4. The fourth-order valence-corrected chi connectivity index (χ4v) is 9.43. The normalized spacial score (nSPS) is 20.3. The van der Waals surface area contributed by atoms with Crippen LogP contribution in [0, 0.1) is 0 Å². The summed E-state index contributed by atoms with van der Waals surface area (Å²) < 4.78 is 2.30. The van der Waals surface area contributed by atoms with Crippen molar-refractivity contribution in [3.05, 3.63) is 127 Å².